The number of nitrogens with zero attached hydrogens (tertiary/aromatic N) is 1. The second-order valence-corrected chi connectivity index (χ2v) is 4.39. The molecule has 0 saturated carbocycles. The van der Waals surface area contributed by atoms with Crippen molar-refractivity contribution in [1.29, 1.82) is 0 Å². The minimum atomic E-state index is -0.486. The summed E-state index contributed by atoms with van der Waals surface area (Å²) in [6.45, 7) is 0. The number of hydrogen-bond acceptors (Lipinski definition) is 4. The first-order valence-corrected chi connectivity index (χ1v) is 4.91. The molecule has 0 amide bonds. The average Bonchev–Trinajstić information content (AvgIpc) is 2.40. The van der Waals surface area contributed by atoms with E-state index in [9.17, 15) is 10.1 Å². The number of benzene rings is 1. The molecule has 0 unspecified atom stereocenters. The highest BCUT2D eigenvalue weighted by molar-refractivity contribution is 7.23. The molecular weight excluding hydrogens is 224 g/mol. The van der Waals surface area contributed by atoms with E-state index in [0.717, 1.165) is 4.70 Å². The summed E-state index contributed by atoms with van der Waals surface area (Å²) in [5, 5.41) is 11.2. The fourth-order valence-electron chi connectivity index (χ4n) is 1.24. The third-order valence-corrected chi connectivity index (χ3v) is 3.19. The van der Waals surface area contributed by atoms with Gasteiger partial charge in [-0.05, 0) is 18.2 Å². The molecule has 0 fully saturated rings. The number of thiophene rings is 1. The van der Waals surface area contributed by atoms with E-state index in [1.165, 1.54) is 11.3 Å². The number of hydrogen-bond donors (Lipinski definition) is 1. The summed E-state index contributed by atoms with van der Waals surface area (Å²) < 4.78 is 0.964. The molecule has 0 aliphatic carbocycles. The van der Waals surface area contributed by atoms with Gasteiger partial charge in [0.05, 0.1) is 10.3 Å². The van der Waals surface area contributed by atoms with E-state index in [4.69, 9.17) is 17.3 Å². The Morgan fingerprint density at radius 3 is 2.86 bits per heavy atom. The molecule has 0 saturated heterocycles. The van der Waals surface area contributed by atoms with E-state index < -0.39 is 4.92 Å². The third kappa shape index (κ3) is 1.30. The van der Waals surface area contributed by atoms with Crippen molar-refractivity contribution in [3.63, 3.8) is 0 Å². The van der Waals surface area contributed by atoms with Gasteiger partial charge in [-0.2, -0.15) is 0 Å². The highest BCUT2D eigenvalue weighted by atomic mass is 35.5. The number of nitrogen functional groups attached to an aromatic ring is 1. The maximum absolute atomic E-state index is 10.7. The maximum Gasteiger partial charge on any atom is 0.306 e. The number of nitrogens with two attached hydrogens (primary N) is 1. The van der Waals surface area contributed by atoms with Crippen LogP contribution in [0.25, 0.3) is 10.1 Å². The van der Waals surface area contributed by atoms with Crippen LogP contribution in [0, 0.1) is 10.1 Å². The number of rotatable bonds is 1. The Balaban J connectivity index is 2.86. The first kappa shape index (κ1) is 9.23. The number of nitro groups is 1. The van der Waals surface area contributed by atoms with Gasteiger partial charge in [-0.3, -0.25) is 10.1 Å². The van der Waals surface area contributed by atoms with E-state index in [1.54, 1.807) is 18.2 Å². The summed E-state index contributed by atoms with van der Waals surface area (Å²) in [6.07, 6.45) is 0. The van der Waals surface area contributed by atoms with Crippen molar-refractivity contribution in [3.8, 4) is 0 Å². The Morgan fingerprint density at radius 2 is 2.21 bits per heavy atom. The van der Waals surface area contributed by atoms with Gasteiger partial charge in [-0.25, -0.2) is 0 Å². The van der Waals surface area contributed by atoms with Crippen LogP contribution in [0.4, 0.5) is 11.4 Å². The van der Waals surface area contributed by atoms with E-state index in [2.05, 4.69) is 0 Å². The molecule has 2 aromatic rings. The lowest BCUT2D eigenvalue weighted by Crippen LogP contribution is -1.87. The third-order valence-electron chi connectivity index (χ3n) is 1.83. The Bertz CT molecular complexity index is 523. The molecule has 0 atom stereocenters. The van der Waals surface area contributed by atoms with Crippen LogP contribution >= 0.6 is 22.9 Å². The molecule has 0 aliphatic rings. The lowest BCUT2D eigenvalue weighted by Gasteiger charge is -1.92. The highest BCUT2D eigenvalue weighted by Crippen LogP contribution is 2.41. The van der Waals surface area contributed by atoms with Gasteiger partial charge in [0.1, 0.15) is 0 Å². The average molecular weight is 229 g/mol. The molecular formula is C8H5ClN2O2S. The van der Waals surface area contributed by atoms with Gasteiger partial charge in [0.2, 0.25) is 0 Å². The topological polar surface area (TPSA) is 69.2 Å². The Kier molecular flexibility index (Phi) is 2.05. The predicted octanol–water partition coefficient (Wildman–Crippen LogP) is 3.05. The molecule has 0 aliphatic heterocycles. The van der Waals surface area contributed by atoms with Crippen LogP contribution in [0.15, 0.2) is 18.2 Å². The van der Waals surface area contributed by atoms with Gasteiger partial charge < -0.3 is 5.73 Å². The van der Waals surface area contributed by atoms with Crippen LogP contribution in [0.5, 0.6) is 0 Å². The molecule has 0 radical (unpaired) electrons. The zero-order valence-electron chi connectivity index (χ0n) is 6.86. The summed E-state index contributed by atoms with van der Waals surface area (Å²) in [6, 6.07) is 4.99. The van der Waals surface area contributed by atoms with Crippen molar-refractivity contribution in [2.75, 3.05) is 5.73 Å². The van der Waals surface area contributed by atoms with E-state index in [-0.39, 0.29) is 10.0 Å². The monoisotopic (exact) mass is 228 g/mol. The Hall–Kier alpha value is -1.33. The zero-order chi connectivity index (χ0) is 10.3. The van der Waals surface area contributed by atoms with Crippen molar-refractivity contribution < 1.29 is 4.92 Å². The fraction of sp³-hybridized carbons (Fsp3) is 0. The normalized spacial score (nSPS) is 10.6. The van der Waals surface area contributed by atoms with Crippen LogP contribution in [-0.4, -0.2) is 4.92 Å². The molecule has 14 heavy (non-hydrogen) atoms. The van der Waals surface area contributed by atoms with Crippen LogP contribution in [0.1, 0.15) is 0 Å². The molecule has 2 N–H and O–H groups in total. The number of fused-ring (bicyclic) bond motifs is 1. The first-order chi connectivity index (χ1) is 6.59. The van der Waals surface area contributed by atoms with E-state index in [1.807, 2.05) is 0 Å². The van der Waals surface area contributed by atoms with E-state index in [0.29, 0.717) is 11.1 Å². The van der Waals surface area contributed by atoms with Crippen molar-refractivity contribution in [2.24, 2.45) is 0 Å². The highest BCUT2D eigenvalue weighted by Gasteiger charge is 2.20. The zero-order valence-corrected chi connectivity index (χ0v) is 8.43. The molecule has 72 valence electrons. The largest absolute Gasteiger partial charge is 0.399 e. The smallest absolute Gasteiger partial charge is 0.306 e. The van der Waals surface area contributed by atoms with Crippen molar-refractivity contribution in [2.45, 2.75) is 0 Å². The molecule has 1 aromatic heterocycles. The summed E-state index contributed by atoms with van der Waals surface area (Å²) in [4.78, 5) is 10.2. The lowest BCUT2D eigenvalue weighted by molar-refractivity contribution is -0.382. The maximum atomic E-state index is 10.7. The minimum Gasteiger partial charge on any atom is -0.399 e. The van der Waals surface area contributed by atoms with Crippen LogP contribution in [-0.2, 0) is 0 Å². The minimum absolute atomic E-state index is 0.0565. The molecule has 0 spiro atoms. The second kappa shape index (κ2) is 3.11. The van der Waals surface area contributed by atoms with Crippen molar-refractivity contribution in [3.05, 3.63) is 32.6 Å². The second-order valence-electron chi connectivity index (χ2n) is 2.74. The molecule has 0 bridgehead atoms. The van der Waals surface area contributed by atoms with Gasteiger partial charge in [-0.15, -0.1) is 11.3 Å². The van der Waals surface area contributed by atoms with Gasteiger partial charge in [-0.1, -0.05) is 11.6 Å². The number of halogens is 1. The number of anilines is 1. The van der Waals surface area contributed by atoms with Gasteiger partial charge in [0.15, 0.2) is 4.34 Å². The summed E-state index contributed by atoms with van der Waals surface area (Å²) in [7, 11) is 0. The van der Waals surface area contributed by atoms with E-state index >= 15 is 0 Å². The predicted molar refractivity (Wildman–Crippen MR) is 57.9 cm³/mol. The van der Waals surface area contributed by atoms with Gasteiger partial charge in [0, 0.05) is 10.4 Å². The molecule has 4 nitrogen and oxygen atoms in total. The van der Waals surface area contributed by atoms with Crippen molar-refractivity contribution in [1.82, 2.24) is 0 Å². The van der Waals surface area contributed by atoms with Gasteiger partial charge >= 0.3 is 5.69 Å². The molecule has 6 heteroatoms. The summed E-state index contributed by atoms with van der Waals surface area (Å²) >= 11 is 6.93. The van der Waals surface area contributed by atoms with Crippen LogP contribution in [0.3, 0.4) is 0 Å². The Morgan fingerprint density at radius 1 is 1.50 bits per heavy atom. The summed E-state index contributed by atoms with van der Waals surface area (Å²) in [5.74, 6) is 0. The van der Waals surface area contributed by atoms with Crippen LogP contribution < -0.4 is 5.73 Å². The Labute approximate surface area is 88.0 Å². The quantitative estimate of drug-likeness (QED) is 0.463. The molecule has 2 rings (SSSR count). The van der Waals surface area contributed by atoms with Crippen molar-refractivity contribution >= 4 is 44.4 Å². The summed E-state index contributed by atoms with van der Waals surface area (Å²) in [5.41, 5.74) is 5.98. The first-order valence-electron chi connectivity index (χ1n) is 3.71. The fourth-order valence-corrected chi connectivity index (χ4v) is 2.54. The molecule has 1 heterocycles. The van der Waals surface area contributed by atoms with Gasteiger partial charge in [0.25, 0.3) is 0 Å². The van der Waals surface area contributed by atoms with Crippen LogP contribution in [0.2, 0.25) is 4.34 Å². The lowest BCUT2D eigenvalue weighted by atomic mass is 10.2. The SMILES string of the molecule is Nc1ccc2sc(Cl)c([N+](=O)[O-])c2c1. The molecule has 1 aromatic carbocycles. The standard InChI is InChI=1S/C8H5ClN2O2S/c9-8-7(11(12)13)5-3-4(10)1-2-6(5)14-8/h1-3H,10H2.